The molecule has 0 aliphatic heterocycles. The van der Waals surface area contributed by atoms with Crippen molar-refractivity contribution >= 4 is 17.6 Å². The molecule has 3 N–H and O–H groups in total. The van der Waals surface area contributed by atoms with E-state index in [4.69, 9.17) is 5.73 Å². The molecule has 0 atom stereocenters. The zero-order chi connectivity index (χ0) is 13.4. The van der Waals surface area contributed by atoms with Crippen LogP contribution in [0.5, 0.6) is 0 Å². The second-order valence-electron chi connectivity index (χ2n) is 3.83. The number of para-hydroxylation sites is 1. The molecule has 18 heavy (non-hydrogen) atoms. The molecule has 98 valence electrons. The summed E-state index contributed by atoms with van der Waals surface area (Å²) in [5.74, 6) is -0.590. The Kier molecular flexibility index (Phi) is 5.87. The largest absolute Gasteiger partial charge is 0.465 e. The number of hydrogen-bond acceptors (Lipinski definition) is 4. The van der Waals surface area contributed by atoms with E-state index in [1.54, 1.807) is 24.3 Å². The van der Waals surface area contributed by atoms with E-state index in [0.29, 0.717) is 24.2 Å². The van der Waals surface area contributed by atoms with Crippen molar-refractivity contribution in [2.45, 2.75) is 19.3 Å². The third kappa shape index (κ3) is 4.18. The van der Waals surface area contributed by atoms with Crippen LogP contribution in [0.15, 0.2) is 24.3 Å². The average molecular weight is 250 g/mol. The molecule has 5 nitrogen and oxygen atoms in total. The molecule has 0 bridgehead atoms. The van der Waals surface area contributed by atoms with Crippen LogP contribution in [0.2, 0.25) is 0 Å². The van der Waals surface area contributed by atoms with Gasteiger partial charge in [-0.05, 0) is 31.5 Å². The highest BCUT2D eigenvalue weighted by Gasteiger charge is 2.12. The number of benzene rings is 1. The first-order chi connectivity index (χ1) is 8.69. The van der Waals surface area contributed by atoms with E-state index in [2.05, 4.69) is 10.1 Å². The zero-order valence-electron chi connectivity index (χ0n) is 10.4. The van der Waals surface area contributed by atoms with Crippen LogP contribution in [0.1, 0.15) is 29.6 Å². The van der Waals surface area contributed by atoms with Gasteiger partial charge in [-0.1, -0.05) is 12.1 Å². The second-order valence-corrected chi connectivity index (χ2v) is 3.83. The van der Waals surface area contributed by atoms with Gasteiger partial charge in [0.25, 0.3) is 0 Å². The van der Waals surface area contributed by atoms with Gasteiger partial charge in [0.15, 0.2) is 0 Å². The van der Waals surface area contributed by atoms with Gasteiger partial charge in [0.1, 0.15) is 0 Å². The Morgan fingerprint density at radius 3 is 2.67 bits per heavy atom. The highest BCUT2D eigenvalue weighted by atomic mass is 16.5. The summed E-state index contributed by atoms with van der Waals surface area (Å²) in [6.45, 7) is 0.575. The fourth-order valence-electron chi connectivity index (χ4n) is 1.52. The minimum Gasteiger partial charge on any atom is -0.465 e. The van der Waals surface area contributed by atoms with Crippen molar-refractivity contribution in [3.8, 4) is 0 Å². The predicted molar refractivity (Wildman–Crippen MR) is 69.3 cm³/mol. The number of amides is 1. The molecule has 0 saturated carbocycles. The van der Waals surface area contributed by atoms with E-state index < -0.39 is 5.97 Å². The Hall–Kier alpha value is -1.88. The number of carbonyl (C=O) groups is 2. The van der Waals surface area contributed by atoms with Gasteiger partial charge in [0, 0.05) is 6.42 Å². The van der Waals surface area contributed by atoms with Crippen LogP contribution in [0.25, 0.3) is 0 Å². The number of ether oxygens (including phenoxy) is 1. The first-order valence-electron chi connectivity index (χ1n) is 5.86. The number of hydrogen-bond donors (Lipinski definition) is 2. The van der Waals surface area contributed by atoms with Gasteiger partial charge < -0.3 is 15.8 Å². The van der Waals surface area contributed by atoms with Crippen molar-refractivity contribution in [3.05, 3.63) is 29.8 Å². The van der Waals surface area contributed by atoms with Crippen molar-refractivity contribution in [2.24, 2.45) is 5.73 Å². The zero-order valence-corrected chi connectivity index (χ0v) is 10.4. The van der Waals surface area contributed by atoms with E-state index >= 15 is 0 Å². The summed E-state index contributed by atoms with van der Waals surface area (Å²) in [5.41, 5.74) is 6.18. The highest BCUT2D eigenvalue weighted by molar-refractivity contribution is 6.01. The number of anilines is 1. The number of unbranched alkanes of at least 4 members (excludes halogenated alkanes) is 1. The maximum absolute atomic E-state index is 11.6. The summed E-state index contributed by atoms with van der Waals surface area (Å²) in [4.78, 5) is 23.1. The number of carbonyl (C=O) groups excluding carboxylic acids is 2. The van der Waals surface area contributed by atoms with Gasteiger partial charge in [-0.2, -0.15) is 0 Å². The molecule has 0 radical (unpaired) electrons. The van der Waals surface area contributed by atoms with Crippen LogP contribution in [0, 0.1) is 0 Å². The summed E-state index contributed by atoms with van der Waals surface area (Å²) in [6.07, 6.45) is 1.95. The Morgan fingerprint density at radius 2 is 2.00 bits per heavy atom. The minimum atomic E-state index is -0.465. The monoisotopic (exact) mass is 250 g/mol. The quantitative estimate of drug-likeness (QED) is 0.592. The molecule has 0 aliphatic rings. The third-order valence-corrected chi connectivity index (χ3v) is 2.46. The van der Waals surface area contributed by atoms with Crippen molar-refractivity contribution in [1.29, 1.82) is 0 Å². The lowest BCUT2D eigenvalue weighted by Crippen LogP contribution is -2.15. The maximum Gasteiger partial charge on any atom is 0.339 e. The molecule has 1 amide bonds. The Morgan fingerprint density at radius 1 is 1.28 bits per heavy atom. The van der Waals surface area contributed by atoms with Crippen LogP contribution in [-0.2, 0) is 9.53 Å². The topological polar surface area (TPSA) is 81.4 Å². The Balaban J connectivity index is 2.66. The molecule has 0 fully saturated rings. The van der Waals surface area contributed by atoms with E-state index in [9.17, 15) is 9.59 Å². The van der Waals surface area contributed by atoms with Crippen LogP contribution in [-0.4, -0.2) is 25.5 Å². The maximum atomic E-state index is 11.6. The molecular weight excluding hydrogens is 232 g/mol. The smallest absolute Gasteiger partial charge is 0.339 e. The van der Waals surface area contributed by atoms with E-state index in [1.165, 1.54) is 7.11 Å². The standard InChI is InChI=1S/C13H18N2O3/c1-18-13(17)10-6-2-3-7-11(10)15-12(16)8-4-5-9-14/h2-3,6-7H,4-5,8-9,14H2,1H3,(H,15,16). The van der Waals surface area contributed by atoms with Gasteiger partial charge in [-0.25, -0.2) is 4.79 Å². The molecule has 0 saturated heterocycles. The van der Waals surface area contributed by atoms with Crippen LogP contribution in [0.3, 0.4) is 0 Å². The fourth-order valence-corrected chi connectivity index (χ4v) is 1.52. The summed E-state index contributed by atoms with van der Waals surface area (Å²) in [7, 11) is 1.31. The van der Waals surface area contributed by atoms with Gasteiger partial charge in [0.2, 0.25) is 5.91 Å². The van der Waals surface area contributed by atoms with E-state index in [0.717, 1.165) is 12.8 Å². The minimum absolute atomic E-state index is 0.125. The first-order valence-corrected chi connectivity index (χ1v) is 5.86. The lowest BCUT2D eigenvalue weighted by molar-refractivity contribution is -0.116. The average Bonchev–Trinajstić information content (AvgIpc) is 2.39. The normalized spacial score (nSPS) is 9.89. The van der Waals surface area contributed by atoms with Crippen LogP contribution in [0.4, 0.5) is 5.69 Å². The molecular formula is C13H18N2O3. The number of nitrogens with two attached hydrogens (primary N) is 1. The van der Waals surface area contributed by atoms with Gasteiger partial charge in [-0.15, -0.1) is 0 Å². The number of rotatable bonds is 6. The number of esters is 1. The molecule has 1 aromatic carbocycles. The second kappa shape index (κ2) is 7.45. The van der Waals surface area contributed by atoms with Crippen LogP contribution >= 0.6 is 0 Å². The van der Waals surface area contributed by atoms with Crippen molar-refractivity contribution in [1.82, 2.24) is 0 Å². The number of methoxy groups -OCH3 is 1. The van der Waals surface area contributed by atoms with Gasteiger partial charge in [-0.3, -0.25) is 4.79 Å². The summed E-state index contributed by atoms with van der Waals surface area (Å²) in [6, 6.07) is 6.76. The van der Waals surface area contributed by atoms with Gasteiger partial charge >= 0.3 is 5.97 Å². The molecule has 1 rings (SSSR count). The Bertz CT molecular complexity index is 418. The Labute approximate surface area is 106 Å². The molecule has 1 aromatic rings. The molecule has 5 heteroatoms. The summed E-state index contributed by atoms with van der Waals surface area (Å²) < 4.78 is 4.65. The van der Waals surface area contributed by atoms with Gasteiger partial charge in [0.05, 0.1) is 18.4 Å². The van der Waals surface area contributed by atoms with Crippen molar-refractivity contribution in [2.75, 3.05) is 19.0 Å². The molecule has 0 unspecified atom stereocenters. The van der Waals surface area contributed by atoms with Crippen molar-refractivity contribution in [3.63, 3.8) is 0 Å². The van der Waals surface area contributed by atoms with E-state index in [1.807, 2.05) is 0 Å². The lowest BCUT2D eigenvalue weighted by atomic mass is 10.1. The molecule has 0 aliphatic carbocycles. The highest BCUT2D eigenvalue weighted by Crippen LogP contribution is 2.16. The SMILES string of the molecule is COC(=O)c1ccccc1NC(=O)CCCCN. The molecule has 0 spiro atoms. The van der Waals surface area contributed by atoms with Crippen LogP contribution < -0.4 is 11.1 Å². The molecule has 0 aromatic heterocycles. The number of nitrogens with one attached hydrogen (secondary N) is 1. The third-order valence-electron chi connectivity index (χ3n) is 2.46. The van der Waals surface area contributed by atoms with Crippen molar-refractivity contribution < 1.29 is 14.3 Å². The molecule has 0 heterocycles. The summed E-state index contributed by atoms with van der Waals surface area (Å²) >= 11 is 0. The fraction of sp³-hybridized carbons (Fsp3) is 0.385. The first kappa shape index (κ1) is 14.2. The van der Waals surface area contributed by atoms with E-state index in [-0.39, 0.29) is 5.91 Å². The predicted octanol–water partition coefficient (Wildman–Crippen LogP) is 1.54. The summed E-state index contributed by atoms with van der Waals surface area (Å²) in [5, 5.41) is 2.70. The lowest BCUT2D eigenvalue weighted by Gasteiger charge is -2.09.